The van der Waals surface area contributed by atoms with Crippen molar-refractivity contribution in [2.75, 3.05) is 13.7 Å². The number of rotatable bonds is 7. The van der Waals surface area contributed by atoms with Crippen LogP contribution in [0.5, 0.6) is 11.5 Å². The van der Waals surface area contributed by atoms with Crippen molar-refractivity contribution in [1.82, 2.24) is 5.32 Å². The predicted molar refractivity (Wildman–Crippen MR) is 93.9 cm³/mol. The smallest absolute Gasteiger partial charge is 0.260 e. The third-order valence-electron chi connectivity index (χ3n) is 3.45. The summed E-state index contributed by atoms with van der Waals surface area (Å²) in [6, 6.07) is 11.7. The lowest BCUT2D eigenvalue weighted by atomic mass is 10.1. The number of amides is 1. The van der Waals surface area contributed by atoms with E-state index in [0.717, 1.165) is 11.3 Å². The van der Waals surface area contributed by atoms with Crippen molar-refractivity contribution in [1.29, 1.82) is 0 Å². The number of carbonyl (C=O) groups excluding carboxylic acids is 1. The molecule has 0 saturated heterocycles. The highest BCUT2D eigenvalue weighted by Crippen LogP contribution is 2.26. The molecule has 0 saturated carbocycles. The summed E-state index contributed by atoms with van der Waals surface area (Å²) in [5.41, 5.74) is 1.02. The first-order valence-corrected chi connectivity index (χ1v) is 8.32. The molecule has 2 aromatic carbocycles. The van der Waals surface area contributed by atoms with Gasteiger partial charge in [-0.3, -0.25) is 4.79 Å². The van der Waals surface area contributed by atoms with Gasteiger partial charge in [-0.05, 0) is 59.1 Å². The highest BCUT2D eigenvalue weighted by Gasteiger charge is 2.16. The molecule has 4 nitrogen and oxygen atoms in total. The van der Waals surface area contributed by atoms with Crippen molar-refractivity contribution in [2.45, 2.75) is 19.4 Å². The van der Waals surface area contributed by atoms with E-state index < -0.39 is 6.10 Å². The Labute approximate surface area is 149 Å². The van der Waals surface area contributed by atoms with Gasteiger partial charge in [-0.25, -0.2) is 4.39 Å². The molecule has 1 N–H and O–H groups in total. The second kappa shape index (κ2) is 8.68. The molecule has 1 amide bonds. The number of nitrogens with one attached hydrogen (secondary N) is 1. The van der Waals surface area contributed by atoms with Crippen molar-refractivity contribution in [2.24, 2.45) is 0 Å². The van der Waals surface area contributed by atoms with Gasteiger partial charge in [0.25, 0.3) is 5.91 Å². The topological polar surface area (TPSA) is 47.6 Å². The molecule has 2 rings (SSSR count). The zero-order valence-corrected chi connectivity index (χ0v) is 15.1. The van der Waals surface area contributed by atoms with Crippen molar-refractivity contribution >= 4 is 21.8 Å². The van der Waals surface area contributed by atoms with E-state index in [4.69, 9.17) is 9.47 Å². The van der Waals surface area contributed by atoms with Crippen molar-refractivity contribution in [3.63, 3.8) is 0 Å². The van der Waals surface area contributed by atoms with E-state index >= 15 is 0 Å². The van der Waals surface area contributed by atoms with Crippen LogP contribution in [0.4, 0.5) is 4.39 Å². The van der Waals surface area contributed by atoms with Crippen LogP contribution in [0.2, 0.25) is 0 Å². The van der Waals surface area contributed by atoms with Crippen LogP contribution in [-0.2, 0) is 11.2 Å². The molecule has 1 atom stereocenters. The summed E-state index contributed by atoms with van der Waals surface area (Å²) in [7, 11) is 1.62. The Morgan fingerprint density at radius 1 is 1.25 bits per heavy atom. The van der Waals surface area contributed by atoms with Gasteiger partial charge in [0, 0.05) is 6.54 Å². The third kappa shape index (κ3) is 4.96. The van der Waals surface area contributed by atoms with Gasteiger partial charge in [0.05, 0.1) is 11.6 Å². The molecule has 0 aliphatic heterocycles. The van der Waals surface area contributed by atoms with Crippen LogP contribution in [0.1, 0.15) is 12.5 Å². The number of para-hydroxylation sites is 1. The molecular formula is C18H19BrFNO3. The quantitative estimate of drug-likeness (QED) is 0.776. The molecule has 2 aromatic rings. The first-order chi connectivity index (χ1) is 11.5. The first kappa shape index (κ1) is 18.3. The first-order valence-electron chi connectivity index (χ1n) is 7.52. The molecule has 0 aromatic heterocycles. The van der Waals surface area contributed by atoms with Crippen molar-refractivity contribution < 1.29 is 18.7 Å². The second-order valence-corrected chi connectivity index (χ2v) is 6.04. The monoisotopic (exact) mass is 395 g/mol. The van der Waals surface area contributed by atoms with E-state index in [2.05, 4.69) is 21.2 Å². The summed E-state index contributed by atoms with van der Waals surface area (Å²) < 4.78 is 24.4. The zero-order chi connectivity index (χ0) is 17.5. The van der Waals surface area contributed by atoms with Gasteiger partial charge < -0.3 is 14.8 Å². The van der Waals surface area contributed by atoms with Gasteiger partial charge in [0.2, 0.25) is 0 Å². The molecule has 0 radical (unpaired) electrons. The predicted octanol–water partition coefficient (Wildman–Crippen LogP) is 3.72. The Balaban J connectivity index is 1.85. The van der Waals surface area contributed by atoms with Crippen LogP contribution >= 0.6 is 15.9 Å². The Bertz CT molecular complexity index is 708. The van der Waals surface area contributed by atoms with Crippen LogP contribution in [0, 0.1) is 5.82 Å². The fourth-order valence-corrected chi connectivity index (χ4v) is 2.63. The summed E-state index contributed by atoms with van der Waals surface area (Å²) in [5.74, 6) is 0.610. The van der Waals surface area contributed by atoms with Crippen molar-refractivity contribution in [3.8, 4) is 11.5 Å². The van der Waals surface area contributed by atoms with E-state index in [0.29, 0.717) is 23.2 Å². The minimum Gasteiger partial charge on any atom is -0.496 e. The van der Waals surface area contributed by atoms with Crippen LogP contribution in [0.3, 0.4) is 0 Å². The summed E-state index contributed by atoms with van der Waals surface area (Å²) in [6.45, 7) is 2.12. The molecular weight excluding hydrogens is 377 g/mol. The fourth-order valence-electron chi connectivity index (χ4n) is 2.19. The maximum Gasteiger partial charge on any atom is 0.260 e. The summed E-state index contributed by atoms with van der Waals surface area (Å²) in [5, 5.41) is 2.82. The van der Waals surface area contributed by atoms with Gasteiger partial charge in [-0.2, -0.15) is 0 Å². The maximum absolute atomic E-state index is 13.1. The van der Waals surface area contributed by atoms with E-state index in [1.165, 1.54) is 18.2 Å². The Morgan fingerprint density at radius 3 is 2.71 bits per heavy atom. The lowest BCUT2D eigenvalue weighted by Crippen LogP contribution is -2.37. The van der Waals surface area contributed by atoms with Crippen LogP contribution in [0.25, 0.3) is 0 Å². The standard InChI is InChI=1S/C18H19BrFNO3/c1-12(24-17-8-7-14(20)11-15(17)19)18(22)21-10-9-13-5-3-4-6-16(13)23-2/h3-8,11-12H,9-10H2,1-2H3,(H,21,22). The van der Waals surface area contributed by atoms with Crippen molar-refractivity contribution in [3.05, 3.63) is 58.3 Å². The summed E-state index contributed by atoms with van der Waals surface area (Å²) >= 11 is 3.21. The minimum atomic E-state index is -0.690. The zero-order valence-electron chi connectivity index (χ0n) is 13.5. The highest BCUT2D eigenvalue weighted by atomic mass is 79.9. The second-order valence-electron chi connectivity index (χ2n) is 5.19. The van der Waals surface area contributed by atoms with E-state index in [1.807, 2.05) is 24.3 Å². The molecule has 128 valence electrons. The number of ether oxygens (including phenoxy) is 2. The summed E-state index contributed by atoms with van der Waals surface area (Å²) in [6.07, 6.45) is -0.0349. The number of halogens is 2. The number of hydrogen-bond acceptors (Lipinski definition) is 3. The Morgan fingerprint density at radius 2 is 2.00 bits per heavy atom. The molecule has 24 heavy (non-hydrogen) atoms. The van der Waals surface area contributed by atoms with Crippen LogP contribution in [0.15, 0.2) is 46.9 Å². The lowest BCUT2D eigenvalue weighted by Gasteiger charge is -2.16. The molecule has 6 heteroatoms. The van der Waals surface area contributed by atoms with Crippen LogP contribution < -0.4 is 14.8 Å². The van der Waals surface area contributed by atoms with Gasteiger partial charge >= 0.3 is 0 Å². The molecule has 0 fully saturated rings. The van der Waals surface area contributed by atoms with Crippen LogP contribution in [-0.4, -0.2) is 25.7 Å². The van der Waals surface area contributed by atoms with Gasteiger partial charge in [0.1, 0.15) is 17.3 Å². The van der Waals surface area contributed by atoms with E-state index in [1.54, 1.807) is 14.0 Å². The minimum absolute atomic E-state index is 0.235. The van der Waals surface area contributed by atoms with E-state index in [-0.39, 0.29) is 11.7 Å². The summed E-state index contributed by atoms with van der Waals surface area (Å²) in [4.78, 5) is 12.1. The molecule has 0 aliphatic carbocycles. The van der Waals surface area contributed by atoms with Gasteiger partial charge in [0.15, 0.2) is 6.10 Å². The third-order valence-corrected chi connectivity index (χ3v) is 4.07. The highest BCUT2D eigenvalue weighted by molar-refractivity contribution is 9.10. The number of methoxy groups -OCH3 is 1. The molecule has 0 heterocycles. The van der Waals surface area contributed by atoms with Gasteiger partial charge in [-0.1, -0.05) is 18.2 Å². The fraction of sp³-hybridized carbons (Fsp3) is 0.278. The van der Waals surface area contributed by atoms with Gasteiger partial charge in [-0.15, -0.1) is 0 Å². The Hall–Kier alpha value is -2.08. The molecule has 1 unspecified atom stereocenters. The average Bonchev–Trinajstić information content (AvgIpc) is 2.57. The SMILES string of the molecule is COc1ccccc1CCNC(=O)C(C)Oc1ccc(F)cc1Br. The molecule has 0 bridgehead atoms. The number of carbonyl (C=O) groups is 1. The maximum atomic E-state index is 13.1. The normalized spacial score (nSPS) is 11.7. The number of hydrogen-bond donors (Lipinski definition) is 1. The van der Waals surface area contributed by atoms with E-state index in [9.17, 15) is 9.18 Å². The Kier molecular flexibility index (Phi) is 6.61. The molecule has 0 spiro atoms. The largest absolute Gasteiger partial charge is 0.496 e. The number of benzene rings is 2. The molecule has 0 aliphatic rings. The average molecular weight is 396 g/mol. The lowest BCUT2D eigenvalue weighted by molar-refractivity contribution is -0.127.